The van der Waals surface area contributed by atoms with E-state index >= 15 is 0 Å². The van der Waals surface area contributed by atoms with Crippen LogP contribution in [0.4, 0.5) is 0 Å². The predicted molar refractivity (Wildman–Crippen MR) is 91.4 cm³/mol. The molecule has 0 nitrogen and oxygen atoms in total. The van der Waals surface area contributed by atoms with E-state index in [0.29, 0.717) is 0 Å². The van der Waals surface area contributed by atoms with Gasteiger partial charge >= 0.3 is 42.8 Å². The van der Waals surface area contributed by atoms with Gasteiger partial charge in [0.25, 0.3) is 0 Å². The van der Waals surface area contributed by atoms with Gasteiger partial charge in [-0.3, -0.25) is 0 Å². The summed E-state index contributed by atoms with van der Waals surface area (Å²) in [5.41, 5.74) is 6.77. The minimum absolute atomic E-state index is 0.292. The number of fused-ring (bicyclic) bond motifs is 1. The predicted octanol–water partition coefficient (Wildman–Crippen LogP) is 6.40. The van der Waals surface area contributed by atoms with E-state index in [1.807, 2.05) is 0 Å². The molecule has 0 saturated carbocycles. The Labute approximate surface area is 144 Å². The van der Waals surface area contributed by atoms with Crippen molar-refractivity contribution < 1.29 is 18.2 Å². The molecule has 0 aliphatic heterocycles. The van der Waals surface area contributed by atoms with Gasteiger partial charge in [-0.2, -0.15) is 0 Å². The van der Waals surface area contributed by atoms with Gasteiger partial charge < -0.3 is 0 Å². The van der Waals surface area contributed by atoms with Crippen LogP contribution in [0.5, 0.6) is 0 Å². The van der Waals surface area contributed by atoms with Gasteiger partial charge in [0.1, 0.15) is 0 Å². The molecule has 0 atom stereocenters. The summed E-state index contributed by atoms with van der Waals surface area (Å²) < 4.78 is 0. The van der Waals surface area contributed by atoms with Crippen molar-refractivity contribution in [3.63, 3.8) is 0 Å². The second-order valence-corrected chi connectivity index (χ2v) is 20.2. The Kier molecular flexibility index (Phi) is 6.92. The Balaban J connectivity index is 0.000000452. The molecule has 0 saturated heterocycles. The zero-order valence-corrected chi connectivity index (χ0v) is 18.0. The van der Waals surface area contributed by atoms with Crippen LogP contribution >= 0.6 is 24.6 Å². The third kappa shape index (κ3) is 4.02. The van der Waals surface area contributed by atoms with Crippen LogP contribution in [0.25, 0.3) is 17.2 Å². The standard InChI is InChI=1S/C17H15.2BrH.Hf/c1-2-13-11-15-9-6-10-16(17(15)12-13)14-7-4-3-5-8-14;;;/h3-12H,2H2,1H3;2*1H;/q;;;+2/p-2. The molecule has 0 bridgehead atoms. The maximum absolute atomic E-state index is 3.26. The molecule has 0 heterocycles. The second-order valence-electron chi connectivity index (χ2n) is 4.46. The molecule has 0 N–H and O–H groups in total. The van der Waals surface area contributed by atoms with E-state index in [-0.39, 0.29) is 18.2 Å². The van der Waals surface area contributed by atoms with Crippen molar-refractivity contribution in [3.05, 3.63) is 71.7 Å². The summed E-state index contributed by atoms with van der Waals surface area (Å²) in [6.07, 6.45) is 5.71. The third-order valence-corrected chi connectivity index (χ3v) is 3.30. The van der Waals surface area contributed by atoms with E-state index in [1.165, 1.54) is 27.8 Å². The molecule has 0 amide bonds. The van der Waals surface area contributed by atoms with Crippen molar-refractivity contribution in [2.45, 2.75) is 13.3 Å². The summed E-state index contributed by atoms with van der Waals surface area (Å²) in [5, 5.41) is 0. The normalized spacial score (nSPS) is 12.1. The summed E-state index contributed by atoms with van der Waals surface area (Å²) >= 11 is 6.22. The Morgan fingerprint density at radius 2 is 1.65 bits per heavy atom. The van der Waals surface area contributed by atoms with Crippen LogP contribution in [0.15, 0.2) is 54.1 Å². The van der Waals surface area contributed by atoms with Crippen molar-refractivity contribution in [1.29, 1.82) is 0 Å². The molecule has 1 aliphatic rings. The summed E-state index contributed by atoms with van der Waals surface area (Å²) in [6, 6.07) is 17.1. The van der Waals surface area contributed by atoms with E-state index in [0.717, 1.165) is 6.42 Å². The van der Waals surface area contributed by atoms with E-state index in [9.17, 15) is 0 Å². The summed E-state index contributed by atoms with van der Waals surface area (Å²) in [6.45, 7) is 2.20. The zero-order chi connectivity index (χ0) is 14.4. The first-order chi connectivity index (χ1) is 9.80. The van der Waals surface area contributed by atoms with Crippen LogP contribution in [-0.4, -0.2) is 0 Å². The van der Waals surface area contributed by atoms with E-state index in [4.69, 9.17) is 0 Å². The molecular formula is C17H15Br2Hf. The summed E-state index contributed by atoms with van der Waals surface area (Å²) in [4.78, 5) is 0. The van der Waals surface area contributed by atoms with Gasteiger partial charge in [0.2, 0.25) is 0 Å². The quantitative estimate of drug-likeness (QED) is 0.375. The van der Waals surface area contributed by atoms with Crippen LogP contribution in [0.3, 0.4) is 0 Å². The number of halogens is 2. The van der Waals surface area contributed by atoms with Crippen LogP contribution in [0.2, 0.25) is 0 Å². The maximum atomic E-state index is 3.26. The Hall–Kier alpha value is 0.0101. The fourth-order valence-corrected chi connectivity index (χ4v) is 2.37. The van der Waals surface area contributed by atoms with Gasteiger partial charge in [-0.15, -0.1) is 0 Å². The molecule has 2 aromatic rings. The molecule has 3 rings (SSSR count). The average Bonchev–Trinajstić information content (AvgIpc) is 2.92. The van der Waals surface area contributed by atoms with Crippen molar-refractivity contribution in [2.24, 2.45) is 0 Å². The molecule has 0 fully saturated rings. The monoisotopic (exact) mass is 557 g/mol. The molecule has 0 unspecified atom stereocenters. The van der Waals surface area contributed by atoms with E-state index in [1.54, 1.807) is 0 Å². The number of hydrogen-bond acceptors (Lipinski definition) is 0. The van der Waals surface area contributed by atoms with Gasteiger partial charge in [-0.25, -0.2) is 0 Å². The molecule has 1 radical (unpaired) electrons. The van der Waals surface area contributed by atoms with Gasteiger partial charge in [0.15, 0.2) is 0 Å². The van der Waals surface area contributed by atoms with Crippen molar-refractivity contribution in [3.8, 4) is 11.1 Å². The van der Waals surface area contributed by atoms with Crippen LogP contribution in [0, 0.1) is 6.42 Å². The second kappa shape index (κ2) is 8.45. The fourth-order valence-electron chi connectivity index (χ4n) is 2.37. The Morgan fingerprint density at radius 3 is 2.30 bits per heavy atom. The van der Waals surface area contributed by atoms with Crippen LogP contribution in [0.1, 0.15) is 24.5 Å². The zero-order valence-electron chi connectivity index (χ0n) is 11.2. The summed E-state index contributed by atoms with van der Waals surface area (Å²) in [7, 11) is 0. The molecule has 0 spiro atoms. The Morgan fingerprint density at radius 1 is 0.950 bits per heavy atom. The van der Waals surface area contributed by atoms with Gasteiger partial charge in [-0.1, -0.05) is 67.1 Å². The molecular weight excluding hydrogens is 542 g/mol. The van der Waals surface area contributed by atoms with E-state index in [2.05, 4.69) is 92.5 Å². The first-order valence-corrected chi connectivity index (χ1v) is 22.2. The number of allylic oxidation sites excluding steroid dienone is 1. The minimum atomic E-state index is -0.292. The molecule has 20 heavy (non-hydrogen) atoms. The number of rotatable bonds is 2. The fraction of sp³-hybridized carbons (Fsp3) is 0.118. The first kappa shape index (κ1) is 16.4. The van der Waals surface area contributed by atoms with Crippen molar-refractivity contribution >= 4 is 30.7 Å². The van der Waals surface area contributed by atoms with E-state index < -0.39 is 0 Å². The number of hydrogen-bond donors (Lipinski definition) is 0. The van der Waals surface area contributed by atoms with Gasteiger partial charge in [0.05, 0.1) is 0 Å². The van der Waals surface area contributed by atoms with Gasteiger partial charge in [0, 0.05) is 6.42 Å². The molecule has 0 aromatic heterocycles. The molecule has 3 heteroatoms. The third-order valence-electron chi connectivity index (χ3n) is 3.30. The van der Waals surface area contributed by atoms with Crippen molar-refractivity contribution in [1.82, 2.24) is 0 Å². The molecule has 1 aliphatic carbocycles. The SMILES string of the molecule is CCC1=Cc2c(cccc2-c2ccccc2)[CH]1.[Br][Hf][Br]. The van der Waals surface area contributed by atoms with Crippen LogP contribution in [-0.2, 0) is 18.2 Å². The van der Waals surface area contributed by atoms with Crippen molar-refractivity contribution in [2.75, 3.05) is 0 Å². The topological polar surface area (TPSA) is 0 Å². The van der Waals surface area contributed by atoms with Gasteiger partial charge in [-0.05, 0) is 28.7 Å². The summed E-state index contributed by atoms with van der Waals surface area (Å²) in [5.74, 6) is 0. The average molecular weight is 558 g/mol. The number of benzene rings is 2. The first-order valence-electron chi connectivity index (χ1n) is 6.50. The molecule has 101 valence electrons. The molecule has 2 aromatic carbocycles. The van der Waals surface area contributed by atoms with Crippen LogP contribution < -0.4 is 0 Å². The Bertz CT molecular complexity index is 591.